The molecule has 1 aliphatic carbocycles. The van der Waals surface area contributed by atoms with E-state index in [0.717, 1.165) is 25.9 Å². The van der Waals surface area contributed by atoms with Gasteiger partial charge in [-0.1, -0.05) is 20.3 Å². The lowest BCUT2D eigenvalue weighted by Crippen LogP contribution is -2.44. The first-order chi connectivity index (χ1) is 10.1. The van der Waals surface area contributed by atoms with Crippen molar-refractivity contribution < 1.29 is 4.79 Å². The molecule has 0 N–H and O–H groups in total. The van der Waals surface area contributed by atoms with Crippen LogP contribution in [-0.2, 0) is 24.2 Å². The van der Waals surface area contributed by atoms with Gasteiger partial charge in [0.05, 0.1) is 5.69 Å². The first-order valence-corrected chi connectivity index (χ1v) is 8.45. The largest absolute Gasteiger partial charge is 0.341 e. The van der Waals surface area contributed by atoms with Crippen LogP contribution in [0.3, 0.4) is 0 Å². The van der Waals surface area contributed by atoms with Crippen LogP contribution >= 0.6 is 0 Å². The summed E-state index contributed by atoms with van der Waals surface area (Å²) < 4.78 is 1.88. The number of likely N-dealkylation sites (tertiary alicyclic amines) is 1. The predicted octanol–water partition coefficient (Wildman–Crippen LogP) is 2.66. The topological polar surface area (TPSA) is 38.1 Å². The standard InChI is InChI=1S/C17H27N3O/c1-13-8-14(2)10-19(9-13)17(21)12-20-11-15-6-4-3-5-7-16(15)18-20/h11,13-14H,3-10,12H2,1-2H3. The van der Waals surface area contributed by atoms with E-state index < -0.39 is 0 Å². The van der Waals surface area contributed by atoms with E-state index in [0.29, 0.717) is 18.4 Å². The van der Waals surface area contributed by atoms with E-state index in [1.165, 1.54) is 36.9 Å². The van der Waals surface area contributed by atoms with Crippen LogP contribution in [0.25, 0.3) is 0 Å². The third-order valence-corrected chi connectivity index (χ3v) is 4.80. The summed E-state index contributed by atoms with van der Waals surface area (Å²) in [5, 5.41) is 4.65. The van der Waals surface area contributed by atoms with E-state index in [1.54, 1.807) is 0 Å². The summed E-state index contributed by atoms with van der Waals surface area (Å²) in [4.78, 5) is 14.5. The van der Waals surface area contributed by atoms with Crippen molar-refractivity contribution in [1.29, 1.82) is 0 Å². The van der Waals surface area contributed by atoms with Crippen molar-refractivity contribution in [1.82, 2.24) is 14.7 Å². The lowest BCUT2D eigenvalue weighted by Gasteiger charge is -2.35. The van der Waals surface area contributed by atoms with Gasteiger partial charge in [0.25, 0.3) is 0 Å². The number of fused-ring (bicyclic) bond motifs is 1. The summed E-state index contributed by atoms with van der Waals surface area (Å²) in [7, 11) is 0. The molecule has 1 saturated heterocycles. The van der Waals surface area contributed by atoms with Crippen molar-refractivity contribution in [2.24, 2.45) is 11.8 Å². The fraction of sp³-hybridized carbons (Fsp3) is 0.765. The second kappa shape index (κ2) is 6.20. The third-order valence-electron chi connectivity index (χ3n) is 4.80. The molecule has 2 heterocycles. The van der Waals surface area contributed by atoms with Crippen LogP contribution in [0.15, 0.2) is 6.20 Å². The van der Waals surface area contributed by atoms with Gasteiger partial charge in [-0.25, -0.2) is 0 Å². The Kier molecular flexibility index (Phi) is 4.32. The number of piperidine rings is 1. The Bertz CT molecular complexity index is 475. The van der Waals surface area contributed by atoms with E-state index in [9.17, 15) is 4.79 Å². The fourth-order valence-corrected chi connectivity index (χ4v) is 3.89. The molecule has 0 aromatic carbocycles. The highest BCUT2D eigenvalue weighted by molar-refractivity contribution is 5.76. The maximum absolute atomic E-state index is 12.5. The molecule has 1 aromatic heterocycles. The Morgan fingerprint density at radius 1 is 1.19 bits per heavy atom. The van der Waals surface area contributed by atoms with Crippen molar-refractivity contribution in [3.05, 3.63) is 17.5 Å². The van der Waals surface area contributed by atoms with Gasteiger partial charge in [-0.3, -0.25) is 9.48 Å². The molecule has 0 radical (unpaired) electrons. The highest BCUT2D eigenvalue weighted by Gasteiger charge is 2.25. The van der Waals surface area contributed by atoms with Crippen LogP contribution in [0.4, 0.5) is 0 Å². The van der Waals surface area contributed by atoms with Crippen LogP contribution in [0.5, 0.6) is 0 Å². The molecule has 2 atom stereocenters. The van der Waals surface area contributed by atoms with Crippen molar-refractivity contribution in [3.8, 4) is 0 Å². The van der Waals surface area contributed by atoms with Crippen LogP contribution in [-0.4, -0.2) is 33.7 Å². The molecule has 1 fully saturated rings. The van der Waals surface area contributed by atoms with Gasteiger partial charge in [0.15, 0.2) is 0 Å². The van der Waals surface area contributed by atoms with E-state index in [4.69, 9.17) is 0 Å². The van der Waals surface area contributed by atoms with Gasteiger partial charge in [0.2, 0.25) is 5.91 Å². The van der Waals surface area contributed by atoms with Crippen LogP contribution < -0.4 is 0 Å². The Hall–Kier alpha value is -1.32. The number of hydrogen-bond acceptors (Lipinski definition) is 2. The molecule has 2 aliphatic rings. The minimum atomic E-state index is 0.228. The first kappa shape index (κ1) is 14.6. The third kappa shape index (κ3) is 3.47. The highest BCUT2D eigenvalue weighted by atomic mass is 16.2. The highest BCUT2D eigenvalue weighted by Crippen LogP contribution is 2.22. The zero-order chi connectivity index (χ0) is 14.8. The maximum atomic E-state index is 12.5. The van der Waals surface area contributed by atoms with E-state index in [1.807, 2.05) is 9.58 Å². The second-order valence-electron chi connectivity index (χ2n) is 7.10. The zero-order valence-electron chi connectivity index (χ0n) is 13.3. The van der Waals surface area contributed by atoms with Crippen LogP contribution in [0.2, 0.25) is 0 Å². The Labute approximate surface area is 127 Å². The van der Waals surface area contributed by atoms with Gasteiger partial charge in [-0.15, -0.1) is 0 Å². The van der Waals surface area contributed by atoms with Crippen molar-refractivity contribution in [2.45, 2.75) is 58.9 Å². The zero-order valence-corrected chi connectivity index (χ0v) is 13.3. The molecular formula is C17H27N3O. The molecular weight excluding hydrogens is 262 g/mol. The van der Waals surface area contributed by atoms with E-state index in [2.05, 4.69) is 25.1 Å². The van der Waals surface area contributed by atoms with Gasteiger partial charge in [0, 0.05) is 19.3 Å². The summed E-state index contributed by atoms with van der Waals surface area (Å²) in [6.45, 7) is 6.71. The molecule has 4 nitrogen and oxygen atoms in total. The predicted molar refractivity (Wildman–Crippen MR) is 83.0 cm³/mol. The SMILES string of the molecule is CC1CC(C)CN(C(=O)Cn2cc3c(n2)CCCCC3)C1. The lowest BCUT2D eigenvalue weighted by molar-refractivity contribution is -0.134. The van der Waals surface area contributed by atoms with Crippen molar-refractivity contribution in [2.75, 3.05) is 13.1 Å². The molecule has 1 aliphatic heterocycles. The number of carbonyl (C=O) groups excluding carboxylic acids is 1. The molecule has 0 saturated carbocycles. The molecule has 1 aromatic rings. The molecule has 3 rings (SSSR count). The van der Waals surface area contributed by atoms with Crippen LogP contribution in [0, 0.1) is 11.8 Å². The lowest BCUT2D eigenvalue weighted by atomic mass is 9.92. The number of aryl methyl sites for hydroxylation is 2. The summed E-state index contributed by atoms with van der Waals surface area (Å²) in [5.74, 6) is 1.46. The number of rotatable bonds is 2. The number of amides is 1. The number of hydrogen-bond donors (Lipinski definition) is 0. The normalized spacial score (nSPS) is 26.3. The van der Waals surface area contributed by atoms with Crippen molar-refractivity contribution >= 4 is 5.91 Å². The Morgan fingerprint density at radius 3 is 2.67 bits per heavy atom. The minimum absolute atomic E-state index is 0.228. The summed E-state index contributed by atoms with van der Waals surface area (Å²) in [6.07, 6.45) is 9.34. The monoisotopic (exact) mass is 289 g/mol. The molecule has 0 bridgehead atoms. The van der Waals surface area contributed by atoms with E-state index >= 15 is 0 Å². The van der Waals surface area contributed by atoms with Gasteiger partial charge in [0.1, 0.15) is 6.54 Å². The van der Waals surface area contributed by atoms with Gasteiger partial charge in [-0.05, 0) is 49.5 Å². The smallest absolute Gasteiger partial charge is 0.244 e. The molecule has 0 spiro atoms. The Balaban J connectivity index is 1.64. The Morgan fingerprint density at radius 2 is 1.90 bits per heavy atom. The van der Waals surface area contributed by atoms with Gasteiger partial charge < -0.3 is 4.90 Å². The number of aromatic nitrogens is 2. The quantitative estimate of drug-likeness (QED) is 0.785. The molecule has 21 heavy (non-hydrogen) atoms. The average Bonchev–Trinajstić information content (AvgIpc) is 2.66. The summed E-state index contributed by atoms with van der Waals surface area (Å²) in [5.41, 5.74) is 2.58. The summed E-state index contributed by atoms with van der Waals surface area (Å²) in [6, 6.07) is 0. The number of carbonyl (C=O) groups is 1. The van der Waals surface area contributed by atoms with Crippen molar-refractivity contribution in [3.63, 3.8) is 0 Å². The van der Waals surface area contributed by atoms with Crippen LogP contribution in [0.1, 0.15) is 50.8 Å². The van der Waals surface area contributed by atoms with Gasteiger partial charge >= 0.3 is 0 Å². The first-order valence-electron chi connectivity index (χ1n) is 8.45. The minimum Gasteiger partial charge on any atom is -0.341 e. The molecule has 116 valence electrons. The molecule has 2 unspecified atom stereocenters. The van der Waals surface area contributed by atoms with Gasteiger partial charge in [-0.2, -0.15) is 5.10 Å². The fourth-order valence-electron chi connectivity index (χ4n) is 3.89. The molecule has 1 amide bonds. The second-order valence-corrected chi connectivity index (χ2v) is 7.10. The summed E-state index contributed by atoms with van der Waals surface area (Å²) >= 11 is 0. The van der Waals surface area contributed by atoms with E-state index in [-0.39, 0.29) is 5.91 Å². The average molecular weight is 289 g/mol. The maximum Gasteiger partial charge on any atom is 0.244 e. The number of nitrogens with zero attached hydrogens (tertiary/aromatic N) is 3. The molecule has 4 heteroatoms.